The van der Waals surface area contributed by atoms with Crippen LogP contribution in [0.4, 0.5) is 17.1 Å². The largest absolute Gasteiger partial charge is 0.456 e. The second kappa shape index (κ2) is 9.35. The lowest BCUT2D eigenvalue weighted by Crippen LogP contribution is -2.17. The molecule has 1 aliphatic carbocycles. The lowest BCUT2D eigenvalue weighted by molar-refractivity contribution is 0.587. The summed E-state index contributed by atoms with van der Waals surface area (Å²) in [5.41, 5.74) is 13.3. The van der Waals surface area contributed by atoms with Gasteiger partial charge in [-0.15, -0.1) is 0 Å². The van der Waals surface area contributed by atoms with E-state index in [9.17, 15) is 0 Å². The van der Waals surface area contributed by atoms with Crippen molar-refractivity contribution in [2.45, 2.75) is 71.6 Å². The Bertz CT molecular complexity index is 2010. The highest BCUT2D eigenvalue weighted by atomic mass is 16.3. The first-order valence-corrected chi connectivity index (χ1v) is 15.4. The highest BCUT2D eigenvalue weighted by Crippen LogP contribution is 2.51. The zero-order valence-corrected chi connectivity index (χ0v) is 26.7. The molecule has 0 saturated carbocycles. The van der Waals surface area contributed by atoms with Crippen LogP contribution in [0, 0.1) is 0 Å². The lowest BCUT2D eigenvalue weighted by atomic mass is 9.82. The summed E-state index contributed by atoms with van der Waals surface area (Å²) in [4.78, 5) is 2.42. The molecule has 0 spiro atoms. The van der Waals surface area contributed by atoms with Gasteiger partial charge in [-0.3, -0.25) is 0 Å². The Morgan fingerprint density at radius 1 is 0.558 bits per heavy atom. The normalized spacial score (nSPS) is 14.2. The van der Waals surface area contributed by atoms with Gasteiger partial charge in [-0.2, -0.15) is 0 Å². The van der Waals surface area contributed by atoms with E-state index in [1.54, 1.807) is 0 Å². The molecule has 43 heavy (non-hydrogen) atoms. The Balaban J connectivity index is 1.47. The molecule has 7 rings (SSSR count). The monoisotopic (exact) mass is 563 g/mol. The molecule has 1 aliphatic rings. The van der Waals surface area contributed by atoms with Crippen molar-refractivity contribution in [1.29, 1.82) is 0 Å². The maximum Gasteiger partial charge on any atom is 0.137 e. The molecule has 2 nitrogen and oxygen atoms in total. The molecule has 5 aromatic carbocycles. The molecule has 0 bridgehead atoms. The van der Waals surface area contributed by atoms with Crippen LogP contribution in [0.1, 0.15) is 77.6 Å². The average Bonchev–Trinajstić information content (AvgIpc) is 3.45. The summed E-state index contributed by atoms with van der Waals surface area (Å²) in [7, 11) is 0. The third-order valence-electron chi connectivity index (χ3n) is 9.40. The molecule has 0 amide bonds. The fourth-order valence-corrected chi connectivity index (χ4v) is 6.83. The standard InChI is InChI=1S/C41H41NO/c1-39(2,3)26-16-19-28(20-17-26)42(29-21-23-31-30-12-9-10-13-33(30)41(7,8)34(31)25-29)35-14-11-15-36-38(35)32-22-18-27(40(4,5)6)24-37(32)43-36/h9-25H,1-8H3. The molecule has 216 valence electrons. The van der Waals surface area contributed by atoms with Crippen molar-refractivity contribution in [3.8, 4) is 11.1 Å². The van der Waals surface area contributed by atoms with Crippen LogP contribution in [-0.2, 0) is 16.2 Å². The van der Waals surface area contributed by atoms with E-state index in [1.807, 2.05) is 0 Å². The van der Waals surface area contributed by atoms with Gasteiger partial charge in [0.2, 0.25) is 0 Å². The number of furan rings is 1. The first-order chi connectivity index (χ1) is 20.3. The van der Waals surface area contributed by atoms with Gasteiger partial charge in [0.05, 0.1) is 11.1 Å². The SMILES string of the molecule is CC(C)(C)c1ccc(N(c2ccc3c(c2)C(C)(C)c2ccccc2-3)c2cccc3oc4cc(C(C)(C)C)ccc4c23)cc1. The number of rotatable bonds is 3. The van der Waals surface area contributed by atoms with Crippen LogP contribution in [0.3, 0.4) is 0 Å². The van der Waals surface area contributed by atoms with Crippen molar-refractivity contribution in [2.24, 2.45) is 0 Å². The molecule has 0 saturated heterocycles. The van der Waals surface area contributed by atoms with Gasteiger partial charge in [-0.1, -0.05) is 116 Å². The summed E-state index contributed by atoms with van der Waals surface area (Å²) in [5.74, 6) is 0. The highest BCUT2D eigenvalue weighted by molar-refractivity contribution is 6.13. The van der Waals surface area contributed by atoms with Gasteiger partial charge in [0.1, 0.15) is 11.2 Å². The van der Waals surface area contributed by atoms with Crippen molar-refractivity contribution in [1.82, 2.24) is 0 Å². The fraction of sp³-hybridized carbons (Fsp3) is 0.268. The van der Waals surface area contributed by atoms with E-state index in [2.05, 4.69) is 163 Å². The summed E-state index contributed by atoms with van der Waals surface area (Å²) in [6, 6.07) is 38.1. The van der Waals surface area contributed by atoms with Gasteiger partial charge in [-0.25, -0.2) is 0 Å². The third-order valence-corrected chi connectivity index (χ3v) is 9.40. The van der Waals surface area contributed by atoms with Crippen molar-refractivity contribution in [3.63, 3.8) is 0 Å². The Morgan fingerprint density at radius 3 is 1.93 bits per heavy atom. The first-order valence-electron chi connectivity index (χ1n) is 15.4. The summed E-state index contributed by atoms with van der Waals surface area (Å²) in [5, 5.41) is 2.28. The predicted molar refractivity (Wildman–Crippen MR) is 183 cm³/mol. The number of nitrogens with zero attached hydrogens (tertiary/aromatic N) is 1. The average molecular weight is 564 g/mol. The van der Waals surface area contributed by atoms with Crippen LogP contribution in [0.25, 0.3) is 33.1 Å². The fourth-order valence-electron chi connectivity index (χ4n) is 6.83. The van der Waals surface area contributed by atoms with Gasteiger partial charge in [-0.05, 0) is 86.7 Å². The molecule has 2 heteroatoms. The summed E-state index contributed by atoms with van der Waals surface area (Å²) in [6.45, 7) is 18.2. The second-order valence-electron chi connectivity index (χ2n) is 14.7. The molecule has 1 aromatic heterocycles. The molecular formula is C41H41NO. The molecule has 0 unspecified atom stereocenters. The Hall–Kier alpha value is -4.30. The summed E-state index contributed by atoms with van der Waals surface area (Å²) in [6.07, 6.45) is 0. The number of hydrogen-bond acceptors (Lipinski definition) is 2. The molecule has 0 fully saturated rings. The Morgan fingerprint density at radius 2 is 1.21 bits per heavy atom. The van der Waals surface area contributed by atoms with E-state index in [-0.39, 0.29) is 16.2 Å². The molecule has 0 aliphatic heterocycles. The smallest absolute Gasteiger partial charge is 0.137 e. The minimum Gasteiger partial charge on any atom is -0.456 e. The van der Waals surface area contributed by atoms with Crippen molar-refractivity contribution in [2.75, 3.05) is 4.90 Å². The van der Waals surface area contributed by atoms with E-state index in [0.717, 1.165) is 39.0 Å². The van der Waals surface area contributed by atoms with Crippen molar-refractivity contribution < 1.29 is 4.42 Å². The van der Waals surface area contributed by atoms with E-state index >= 15 is 0 Å². The highest BCUT2D eigenvalue weighted by Gasteiger charge is 2.36. The lowest BCUT2D eigenvalue weighted by Gasteiger charge is -2.29. The minimum atomic E-state index is -0.0819. The molecule has 0 radical (unpaired) electrons. The third kappa shape index (κ3) is 4.38. The first kappa shape index (κ1) is 27.5. The van der Waals surface area contributed by atoms with Gasteiger partial charge in [0.25, 0.3) is 0 Å². The number of benzene rings is 5. The van der Waals surface area contributed by atoms with Crippen LogP contribution >= 0.6 is 0 Å². The van der Waals surface area contributed by atoms with Crippen molar-refractivity contribution in [3.05, 3.63) is 125 Å². The number of fused-ring (bicyclic) bond motifs is 6. The molecule has 0 atom stereocenters. The van der Waals surface area contributed by atoms with Gasteiger partial charge < -0.3 is 9.32 Å². The summed E-state index contributed by atoms with van der Waals surface area (Å²) < 4.78 is 6.54. The number of anilines is 3. The quantitative estimate of drug-likeness (QED) is 0.213. The maximum absolute atomic E-state index is 6.54. The zero-order chi connectivity index (χ0) is 30.3. The van der Waals surface area contributed by atoms with Crippen molar-refractivity contribution >= 4 is 39.0 Å². The van der Waals surface area contributed by atoms with Crippen LogP contribution in [0.15, 0.2) is 108 Å². The van der Waals surface area contributed by atoms with Gasteiger partial charge >= 0.3 is 0 Å². The summed E-state index contributed by atoms with van der Waals surface area (Å²) >= 11 is 0. The van der Waals surface area contributed by atoms with Crippen LogP contribution in [-0.4, -0.2) is 0 Å². The minimum absolute atomic E-state index is 0.0472. The van der Waals surface area contributed by atoms with E-state index < -0.39 is 0 Å². The Kier molecular flexibility index (Phi) is 5.98. The van der Waals surface area contributed by atoms with Crippen LogP contribution < -0.4 is 4.90 Å². The molecule has 1 heterocycles. The van der Waals surface area contributed by atoms with E-state index in [1.165, 1.54) is 33.4 Å². The molecular weight excluding hydrogens is 522 g/mol. The molecule has 0 N–H and O–H groups in total. The van der Waals surface area contributed by atoms with E-state index in [0.29, 0.717) is 0 Å². The maximum atomic E-state index is 6.54. The van der Waals surface area contributed by atoms with E-state index in [4.69, 9.17) is 4.42 Å². The predicted octanol–water partition coefficient (Wildman–Crippen LogP) is 12.0. The second-order valence-corrected chi connectivity index (χ2v) is 14.7. The molecule has 6 aromatic rings. The van der Waals surface area contributed by atoms with Crippen LogP contribution in [0.2, 0.25) is 0 Å². The topological polar surface area (TPSA) is 16.4 Å². The zero-order valence-electron chi connectivity index (χ0n) is 26.7. The number of hydrogen-bond donors (Lipinski definition) is 0. The van der Waals surface area contributed by atoms with Gasteiger partial charge in [0.15, 0.2) is 0 Å². The van der Waals surface area contributed by atoms with Crippen LogP contribution in [0.5, 0.6) is 0 Å². The van der Waals surface area contributed by atoms with Gasteiger partial charge in [0, 0.05) is 22.2 Å². The Labute approximate surface area is 256 Å².